The zero-order valence-corrected chi connectivity index (χ0v) is 19.1. The van der Waals surface area contributed by atoms with Crippen LogP contribution in [0.4, 0.5) is 0 Å². The topological polar surface area (TPSA) is 94.2 Å². The van der Waals surface area contributed by atoms with Crippen molar-refractivity contribution >= 4 is 15.9 Å². The van der Waals surface area contributed by atoms with Crippen LogP contribution in [0.3, 0.4) is 0 Å². The van der Waals surface area contributed by atoms with Gasteiger partial charge in [-0.05, 0) is 61.7 Å². The molecule has 172 valence electrons. The first-order valence-corrected chi connectivity index (χ1v) is 12.2. The van der Waals surface area contributed by atoms with Crippen molar-refractivity contribution < 1.29 is 27.4 Å². The van der Waals surface area contributed by atoms with Crippen LogP contribution in [0.25, 0.3) is 0 Å². The lowest BCUT2D eigenvalue weighted by molar-refractivity contribution is -0.126. The van der Waals surface area contributed by atoms with E-state index in [1.807, 2.05) is 25.1 Å². The molecule has 1 fully saturated rings. The standard InChI is InChI=1S/C23H28N2O6S/c1-16(17-5-10-21-22(14-17)31-13-12-30-21)24-23(26)18-4-3-11-25(15-18)32(27,28)20-8-6-19(29-2)7-9-20/h5-10,14,16,18H,3-4,11-13,15H2,1-2H3,(H,24,26)/t16-,18-/m0/s1. The normalized spacial score (nSPS) is 19.8. The van der Waals surface area contributed by atoms with Gasteiger partial charge in [0.2, 0.25) is 15.9 Å². The number of sulfonamides is 1. The fourth-order valence-electron chi connectivity index (χ4n) is 4.02. The summed E-state index contributed by atoms with van der Waals surface area (Å²) in [6.07, 6.45) is 1.28. The second kappa shape index (κ2) is 9.38. The van der Waals surface area contributed by atoms with E-state index in [4.69, 9.17) is 14.2 Å². The minimum Gasteiger partial charge on any atom is -0.497 e. The van der Waals surface area contributed by atoms with Crippen molar-refractivity contribution in [2.45, 2.75) is 30.7 Å². The van der Waals surface area contributed by atoms with Gasteiger partial charge in [0.1, 0.15) is 19.0 Å². The van der Waals surface area contributed by atoms with Crippen molar-refractivity contribution in [3.05, 3.63) is 48.0 Å². The summed E-state index contributed by atoms with van der Waals surface area (Å²) >= 11 is 0. The Balaban J connectivity index is 1.41. The van der Waals surface area contributed by atoms with Crippen molar-refractivity contribution in [1.82, 2.24) is 9.62 Å². The van der Waals surface area contributed by atoms with Crippen LogP contribution in [0, 0.1) is 5.92 Å². The summed E-state index contributed by atoms with van der Waals surface area (Å²) in [5, 5.41) is 3.03. The average molecular weight is 461 g/mol. The number of benzene rings is 2. The second-order valence-corrected chi connectivity index (χ2v) is 9.95. The Morgan fingerprint density at radius 1 is 1.12 bits per heavy atom. The third-order valence-electron chi connectivity index (χ3n) is 5.88. The van der Waals surface area contributed by atoms with Crippen LogP contribution in [-0.2, 0) is 14.8 Å². The highest BCUT2D eigenvalue weighted by molar-refractivity contribution is 7.89. The Kier molecular flexibility index (Phi) is 6.57. The molecular formula is C23H28N2O6S. The fourth-order valence-corrected chi connectivity index (χ4v) is 5.54. The highest BCUT2D eigenvalue weighted by Gasteiger charge is 2.33. The number of piperidine rings is 1. The van der Waals surface area contributed by atoms with E-state index in [0.717, 1.165) is 5.56 Å². The summed E-state index contributed by atoms with van der Waals surface area (Å²) in [4.78, 5) is 13.2. The first-order chi connectivity index (χ1) is 15.4. The molecule has 0 aromatic heterocycles. The maximum Gasteiger partial charge on any atom is 0.243 e. The molecule has 2 aromatic rings. The number of rotatable bonds is 6. The van der Waals surface area contributed by atoms with Crippen molar-refractivity contribution in [1.29, 1.82) is 0 Å². The Morgan fingerprint density at radius 2 is 1.84 bits per heavy atom. The molecule has 0 spiro atoms. The van der Waals surface area contributed by atoms with Crippen LogP contribution >= 0.6 is 0 Å². The van der Waals surface area contributed by atoms with Crippen LogP contribution < -0.4 is 19.5 Å². The van der Waals surface area contributed by atoms with E-state index < -0.39 is 15.9 Å². The molecule has 8 nitrogen and oxygen atoms in total. The van der Waals surface area contributed by atoms with E-state index in [1.165, 1.54) is 23.5 Å². The zero-order chi connectivity index (χ0) is 22.7. The lowest BCUT2D eigenvalue weighted by Crippen LogP contribution is -2.45. The lowest BCUT2D eigenvalue weighted by atomic mass is 9.97. The van der Waals surface area contributed by atoms with Gasteiger partial charge >= 0.3 is 0 Å². The molecule has 2 aromatic carbocycles. The molecule has 2 aliphatic heterocycles. The van der Waals surface area contributed by atoms with Gasteiger partial charge in [0.05, 0.1) is 24.0 Å². The fraction of sp³-hybridized carbons (Fsp3) is 0.435. The molecule has 0 radical (unpaired) electrons. The molecule has 2 heterocycles. The average Bonchev–Trinajstić information content (AvgIpc) is 2.83. The van der Waals surface area contributed by atoms with Gasteiger partial charge < -0.3 is 19.5 Å². The first-order valence-electron chi connectivity index (χ1n) is 10.7. The largest absolute Gasteiger partial charge is 0.497 e. The predicted molar refractivity (Wildman–Crippen MR) is 118 cm³/mol. The van der Waals surface area contributed by atoms with E-state index in [2.05, 4.69) is 5.32 Å². The molecule has 2 atom stereocenters. The number of amides is 1. The molecule has 0 aliphatic carbocycles. The summed E-state index contributed by atoms with van der Waals surface area (Å²) in [6, 6.07) is 11.7. The summed E-state index contributed by atoms with van der Waals surface area (Å²) in [5.74, 6) is 1.40. The van der Waals surface area contributed by atoms with Gasteiger partial charge in [-0.25, -0.2) is 8.42 Å². The summed E-state index contributed by atoms with van der Waals surface area (Å²) in [7, 11) is -2.15. The van der Waals surface area contributed by atoms with E-state index in [0.29, 0.717) is 49.8 Å². The van der Waals surface area contributed by atoms with Gasteiger partial charge in [0.15, 0.2) is 11.5 Å². The van der Waals surface area contributed by atoms with Crippen LogP contribution in [0.1, 0.15) is 31.4 Å². The van der Waals surface area contributed by atoms with Crippen molar-refractivity contribution in [3.8, 4) is 17.2 Å². The minimum atomic E-state index is -3.68. The maximum atomic E-state index is 13.1. The first kappa shape index (κ1) is 22.4. The molecule has 0 bridgehead atoms. The summed E-state index contributed by atoms with van der Waals surface area (Å²) < 4.78 is 43.8. The molecule has 32 heavy (non-hydrogen) atoms. The third-order valence-corrected chi connectivity index (χ3v) is 7.76. The van der Waals surface area contributed by atoms with Crippen LogP contribution in [0.15, 0.2) is 47.4 Å². The van der Waals surface area contributed by atoms with E-state index in [-0.39, 0.29) is 23.4 Å². The highest BCUT2D eigenvalue weighted by Crippen LogP contribution is 2.33. The summed E-state index contributed by atoms with van der Waals surface area (Å²) in [5.41, 5.74) is 0.904. The van der Waals surface area contributed by atoms with Gasteiger partial charge in [-0.2, -0.15) is 4.31 Å². The number of hydrogen-bond donors (Lipinski definition) is 1. The minimum absolute atomic E-state index is 0.151. The third kappa shape index (κ3) is 4.68. The Bertz CT molecular complexity index is 1070. The highest BCUT2D eigenvalue weighted by atomic mass is 32.2. The van der Waals surface area contributed by atoms with E-state index >= 15 is 0 Å². The van der Waals surface area contributed by atoms with E-state index in [1.54, 1.807) is 12.1 Å². The van der Waals surface area contributed by atoms with Gasteiger partial charge in [-0.3, -0.25) is 4.79 Å². The van der Waals surface area contributed by atoms with Crippen LogP contribution in [0.5, 0.6) is 17.2 Å². The molecule has 4 rings (SSSR count). The smallest absolute Gasteiger partial charge is 0.243 e. The lowest BCUT2D eigenvalue weighted by Gasteiger charge is -2.32. The van der Waals surface area contributed by atoms with Gasteiger partial charge in [-0.15, -0.1) is 0 Å². The molecule has 9 heteroatoms. The Morgan fingerprint density at radius 3 is 2.56 bits per heavy atom. The van der Waals surface area contributed by atoms with Gasteiger partial charge in [0, 0.05) is 13.1 Å². The number of nitrogens with zero attached hydrogens (tertiary/aromatic N) is 1. The quantitative estimate of drug-likeness (QED) is 0.713. The number of carbonyl (C=O) groups excluding carboxylic acids is 1. The Hall–Kier alpha value is -2.78. The van der Waals surface area contributed by atoms with Crippen LogP contribution in [-0.4, -0.2) is 52.0 Å². The maximum absolute atomic E-state index is 13.1. The summed E-state index contributed by atoms with van der Waals surface area (Å²) in [6.45, 7) is 3.48. The number of fused-ring (bicyclic) bond motifs is 1. The number of methoxy groups -OCH3 is 1. The molecule has 0 saturated carbocycles. The van der Waals surface area contributed by atoms with Crippen LogP contribution in [0.2, 0.25) is 0 Å². The van der Waals surface area contributed by atoms with Crippen molar-refractivity contribution in [3.63, 3.8) is 0 Å². The molecule has 2 aliphatic rings. The van der Waals surface area contributed by atoms with E-state index in [9.17, 15) is 13.2 Å². The number of hydrogen-bond acceptors (Lipinski definition) is 6. The second-order valence-electron chi connectivity index (χ2n) is 8.01. The number of ether oxygens (including phenoxy) is 3. The molecule has 1 N–H and O–H groups in total. The van der Waals surface area contributed by atoms with Gasteiger partial charge in [0.25, 0.3) is 0 Å². The molecule has 1 saturated heterocycles. The van der Waals surface area contributed by atoms with Crippen molar-refractivity contribution in [2.75, 3.05) is 33.4 Å². The van der Waals surface area contributed by atoms with Crippen molar-refractivity contribution in [2.24, 2.45) is 5.92 Å². The molecular weight excluding hydrogens is 432 g/mol. The molecule has 1 amide bonds. The number of carbonyl (C=O) groups is 1. The predicted octanol–water partition coefficient (Wildman–Crippen LogP) is 2.74. The SMILES string of the molecule is COc1ccc(S(=O)(=O)N2CCC[C@H](C(=O)N[C@@H](C)c3ccc4c(c3)OCCO4)C2)cc1. The zero-order valence-electron chi connectivity index (χ0n) is 18.2. The molecule has 0 unspecified atom stereocenters. The number of nitrogens with one attached hydrogen (secondary N) is 1. The Labute approximate surface area is 188 Å². The monoisotopic (exact) mass is 460 g/mol. The van der Waals surface area contributed by atoms with Gasteiger partial charge in [-0.1, -0.05) is 6.07 Å².